The van der Waals surface area contributed by atoms with Gasteiger partial charge in [0.25, 0.3) is 5.91 Å². The Labute approximate surface area is 130 Å². The summed E-state index contributed by atoms with van der Waals surface area (Å²) < 4.78 is 0. The van der Waals surface area contributed by atoms with Crippen molar-refractivity contribution in [1.82, 2.24) is 14.9 Å². The highest BCUT2D eigenvalue weighted by molar-refractivity contribution is 5.93. The van der Waals surface area contributed by atoms with Crippen molar-refractivity contribution < 1.29 is 4.79 Å². The molecule has 1 N–H and O–H groups in total. The number of carbonyl (C=O) groups excluding carboxylic acids is 1. The van der Waals surface area contributed by atoms with Gasteiger partial charge in [-0.05, 0) is 30.9 Å². The average molecular weight is 296 g/mol. The summed E-state index contributed by atoms with van der Waals surface area (Å²) in [6, 6.07) is 8.19. The van der Waals surface area contributed by atoms with E-state index in [1.165, 1.54) is 11.1 Å². The van der Waals surface area contributed by atoms with Gasteiger partial charge in [-0.2, -0.15) is 0 Å². The van der Waals surface area contributed by atoms with E-state index in [2.05, 4.69) is 34.3 Å². The van der Waals surface area contributed by atoms with Gasteiger partial charge in [-0.15, -0.1) is 0 Å². The third-order valence-electron chi connectivity index (χ3n) is 3.99. The molecule has 0 radical (unpaired) electrons. The highest BCUT2D eigenvalue weighted by Gasteiger charge is 2.19. The van der Waals surface area contributed by atoms with E-state index >= 15 is 0 Å². The molecule has 2 heterocycles. The largest absolute Gasteiger partial charge is 0.350 e. The Hall–Kier alpha value is -2.43. The number of carbonyl (C=O) groups is 1. The molecule has 1 saturated heterocycles. The first-order valence-electron chi connectivity index (χ1n) is 7.64. The van der Waals surface area contributed by atoms with Crippen molar-refractivity contribution in [2.45, 2.75) is 26.3 Å². The first-order chi connectivity index (χ1) is 10.7. The van der Waals surface area contributed by atoms with E-state index in [9.17, 15) is 4.79 Å². The molecule has 114 valence electrons. The van der Waals surface area contributed by atoms with E-state index in [4.69, 9.17) is 0 Å². The second-order valence-electron chi connectivity index (χ2n) is 5.57. The first-order valence-corrected chi connectivity index (χ1v) is 7.64. The van der Waals surface area contributed by atoms with Gasteiger partial charge in [0, 0.05) is 32.0 Å². The molecule has 1 aromatic heterocycles. The van der Waals surface area contributed by atoms with Gasteiger partial charge in [-0.3, -0.25) is 4.79 Å². The van der Waals surface area contributed by atoms with E-state index < -0.39 is 0 Å². The molecule has 0 aliphatic carbocycles. The lowest BCUT2D eigenvalue weighted by Gasteiger charge is -2.14. The molecule has 3 rings (SSSR count). The zero-order chi connectivity index (χ0) is 15.4. The van der Waals surface area contributed by atoms with Gasteiger partial charge in [0.1, 0.15) is 0 Å². The minimum absolute atomic E-state index is 0.0305. The van der Waals surface area contributed by atoms with Crippen LogP contribution in [0.2, 0.25) is 0 Å². The Morgan fingerprint density at radius 2 is 1.86 bits per heavy atom. The number of benzene rings is 1. The van der Waals surface area contributed by atoms with Gasteiger partial charge < -0.3 is 10.2 Å². The number of anilines is 1. The maximum Gasteiger partial charge on any atom is 0.256 e. The molecule has 5 nitrogen and oxygen atoms in total. The molecular formula is C17H20N4O. The van der Waals surface area contributed by atoms with Crippen LogP contribution in [0.5, 0.6) is 0 Å². The van der Waals surface area contributed by atoms with E-state index in [1.54, 1.807) is 12.4 Å². The monoisotopic (exact) mass is 296 g/mol. The molecule has 0 saturated carbocycles. The predicted molar refractivity (Wildman–Crippen MR) is 85.7 cm³/mol. The maximum absolute atomic E-state index is 12.2. The second kappa shape index (κ2) is 6.56. The van der Waals surface area contributed by atoms with Crippen LogP contribution in [0.1, 0.15) is 34.3 Å². The zero-order valence-corrected chi connectivity index (χ0v) is 12.7. The number of nitrogens with zero attached hydrogens (tertiary/aromatic N) is 3. The highest BCUT2D eigenvalue weighted by Crippen LogP contribution is 2.13. The van der Waals surface area contributed by atoms with Crippen LogP contribution < -0.4 is 5.32 Å². The Balaban J connectivity index is 1.62. The van der Waals surface area contributed by atoms with Crippen molar-refractivity contribution >= 4 is 11.9 Å². The topological polar surface area (TPSA) is 58.1 Å². The summed E-state index contributed by atoms with van der Waals surface area (Å²) in [6.07, 6.45) is 5.38. The van der Waals surface area contributed by atoms with Crippen molar-refractivity contribution in [1.29, 1.82) is 0 Å². The minimum Gasteiger partial charge on any atom is -0.350 e. The van der Waals surface area contributed by atoms with E-state index in [1.807, 2.05) is 17.0 Å². The lowest BCUT2D eigenvalue weighted by Crippen LogP contribution is -2.27. The molecule has 1 fully saturated rings. The molecule has 0 spiro atoms. The molecule has 1 aromatic carbocycles. The van der Waals surface area contributed by atoms with E-state index in [-0.39, 0.29) is 5.91 Å². The van der Waals surface area contributed by atoms with Crippen molar-refractivity contribution in [3.05, 3.63) is 53.3 Å². The summed E-state index contributed by atoms with van der Waals surface area (Å²) in [4.78, 5) is 22.6. The Morgan fingerprint density at radius 3 is 2.55 bits per heavy atom. The van der Waals surface area contributed by atoms with Crippen LogP contribution in [0.25, 0.3) is 0 Å². The van der Waals surface area contributed by atoms with Gasteiger partial charge in [0.2, 0.25) is 5.95 Å². The number of aryl methyl sites for hydroxylation is 1. The fourth-order valence-corrected chi connectivity index (χ4v) is 2.62. The average Bonchev–Trinajstić information content (AvgIpc) is 3.08. The van der Waals surface area contributed by atoms with Crippen LogP contribution in [-0.2, 0) is 6.54 Å². The summed E-state index contributed by atoms with van der Waals surface area (Å²) >= 11 is 0. The van der Waals surface area contributed by atoms with E-state index in [0.29, 0.717) is 18.1 Å². The fourth-order valence-electron chi connectivity index (χ4n) is 2.62. The maximum atomic E-state index is 12.2. The van der Waals surface area contributed by atoms with Crippen LogP contribution in [0.4, 0.5) is 5.95 Å². The smallest absolute Gasteiger partial charge is 0.256 e. The number of likely N-dealkylation sites (tertiary alicyclic amines) is 1. The molecule has 22 heavy (non-hydrogen) atoms. The van der Waals surface area contributed by atoms with Gasteiger partial charge >= 0.3 is 0 Å². The Kier molecular flexibility index (Phi) is 4.32. The van der Waals surface area contributed by atoms with Crippen molar-refractivity contribution in [3.8, 4) is 0 Å². The number of aromatic nitrogens is 2. The standard InChI is InChI=1S/C17H20N4O/c1-13-6-2-3-7-14(13)10-18-17-19-11-15(12-20-17)16(22)21-8-4-5-9-21/h2-3,6-7,11-12H,4-5,8-10H2,1H3,(H,18,19,20). The molecule has 1 aliphatic heterocycles. The number of hydrogen-bond donors (Lipinski definition) is 1. The van der Waals surface area contributed by atoms with Crippen LogP contribution in [-0.4, -0.2) is 33.9 Å². The normalized spacial score (nSPS) is 14.1. The van der Waals surface area contributed by atoms with Gasteiger partial charge in [-0.1, -0.05) is 24.3 Å². The third kappa shape index (κ3) is 3.24. The zero-order valence-electron chi connectivity index (χ0n) is 12.7. The summed E-state index contributed by atoms with van der Waals surface area (Å²) in [5.41, 5.74) is 3.00. The fraction of sp³-hybridized carbons (Fsp3) is 0.353. The molecular weight excluding hydrogens is 276 g/mol. The van der Waals surface area contributed by atoms with Crippen LogP contribution in [0.15, 0.2) is 36.7 Å². The number of nitrogens with one attached hydrogen (secondary N) is 1. The van der Waals surface area contributed by atoms with Crippen molar-refractivity contribution in [3.63, 3.8) is 0 Å². The summed E-state index contributed by atoms with van der Waals surface area (Å²) in [5.74, 6) is 0.573. The van der Waals surface area contributed by atoms with Gasteiger partial charge in [0.05, 0.1) is 5.56 Å². The lowest BCUT2D eigenvalue weighted by atomic mass is 10.1. The van der Waals surface area contributed by atoms with Crippen LogP contribution in [0.3, 0.4) is 0 Å². The molecule has 0 atom stereocenters. The SMILES string of the molecule is Cc1ccccc1CNc1ncc(C(=O)N2CCCC2)cn1. The quantitative estimate of drug-likeness (QED) is 0.942. The molecule has 2 aromatic rings. The third-order valence-corrected chi connectivity index (χ3v) is 3.99. The minimum atomic E-state index is 0.0305. The highest BCUT2D eigenvalue weighted by atomic mass is 16.2. The summed E-state index contributed by atoms with van der Waals surface area (Å²) in [6.45, 7) is 4.43. The van der Waals surface area contributed by atoms with Gasteiger partial charge in [-0.25, -0.2) is 9.97 Å². The number of hydrogen-bond acceptors (Lipinski definition) is 4. The summed E-state index contributed by atoms with van der Waals surface area (Å²) in [7, 11) is 0. The predicted octanol–water partition coefficient (Wildman–Crippen LogP) is 2.63. The molecule has 5 heteroatoms. The first kappa shape index (κ1) is 14.5. The Bertz CT molecular complexity index is 648. The number of rotatable bonds is 4. The molecule has 0 bridgehead atoms. The van der Waals surface area contributed by atoms with E-state index in [0.717, 1.165) is 25.9 Å². The number of amides is 1. The van der Waals surface area contributed by atoms with Gasteiger partial charge in [0.15, 0.2) is 0 Å². The molecule has 1 amide bonds. The second-order valence-corrected chi connectivity index (χ2v) is 5.57. The lowest BCUT2D eigenvalue weighted by molar-refractivity contribution is 0.0792. The van der Waals surface area contributed by atoms with Crippen molar-refractivity contribution in [2.24, 2.45) is 0 Å². The molecule has 0 unspecified atom stereocenters. The Morgan fingerprint density at radius 1 is 1.18 bits per heavy atom. The molecule has 1 aliphatic rings. The van der Waals surface area contributed by atoms with Crippen LogP contribution in [0, 0.1) is 6.92 Å². The van der Waals surface area contributed by atoms with Crippen molar-refractivity contribution in [2.75, 3.05) is 18.4 Å². The van der Waals surface area contributed by atoms with Crippen LogP contribution >= 0.6 is 0 Å². The summed E-state index contributed by atoms with van der Waals surface area (Å²) in [5, 5.41) is 3.19.